The van der Waals surface area contributed by atoms with Gasteiger partial charge in [0.15, 0.2) is 0 Å². The first kappa shape index (κ1) is 15.3. The molecule has 2 amide bonds. The van der Waals surface area contributed by atoms with Gasteiger partial charge in [-0.15, -0.1) is 0 Å². The van der Waals surface area contributed by atoms with E-state index in [1.165, 1.54) is 38.5 Å². The second kappa shape index (κ2) is 6.28. The second-order valence-electron chi connectivity index (χ2n) is 7.63. The number of nitrogens with zero attached hydrogens (tertiary/aromatic N) is 1. The van der Waals surface area contributed by atoms with Crippen LogP contribution in [-0.2, 0) is 9.59 Å². The van der Waals surface area contributed by atoms with Crippen LogP contribution >= 0.6 is 0 Å². The van der Waals surface area contributed by atoms with Gasteiger partial charge in [-0.1, -0.05) is 0 Å². The minimum Gasteiger partial charge on any atom is -0.354 e. The van der Waals surface area contributed by atoms with Gasteiger partial charge < -0.3 is 10.6 Å². The van der Waals surface area contributed by atoms with Gasteiger partial charge in [-0.3, -0.25) is 9.59 Å². The summed E-state index contributed by atoms with van der Waals surface area (Å²) in [4.78, 5) is 23.4. The molecule has 0 radical (unpaired) electrons. The molecule has 4 fully saturated rings. The van der Waals surface area contributed by atoms with Crippen LogP contribution in [0.2, 0.25) is 0 Å². The average molecular weight is 303 g/mol. The lowest BCUT2D eigenvalue weighted by atomic mass is 9.49. The Bertz CT molecular complexity index is 459. The van der Waals surface area contributed by atoms with E-state index < -0.39 is 0 Å². The number of hydrogen-bond donors (Lipinski definition) is 2. The van der Waals surface area contributed by atoms with E-state index in [4.69, 9.17) is 5.26 Å². The van der Waals surface area contributed by atoms with Gasteiger partial charge in [0.05, 0.1) is 6.07 Å². The minimum absolute atomic E-state index is 0.122. The van der Waals surface area contributed by atoms with Crippen LogP contribution in [-0.4, -0.2) is 24.9 Å². The van der Waals surface area contributed by atoms with Gasteiger partial charge in [0.2, 0.25) is 11.8 Å². The molecule has 4 rings (SSSR count). The quantitative estimate of drug-likeness (QED) is 0.733. The van der Waals surface area contributed by atoms with E-state index in [-0.39, 0.29) is 23.7 Å². The number of rotatable bonds is 6. The highest BCUT2D eigenvalue weighted by Crippen LogP contribution is 2.61. The molecule has 0 aromatic rings. The lowest BCUT2D eigenvalue weighted by molar-refractivity contribution is -0.129. The van der Waals surface area contributed by atoms with E-state index in [2.05, 4.69) is 10.6 Å². The summed E-state index contributed by atoms with van der Waals surface area (Å²) < 4.78 is 0. The zero-order valence-electron chi connectivity index (χ0n) is 13.1. The Balaban J connectivity index is 1.41. The van der Waals surface area contributed by atoms with Crippen molar-refractivity contribution in [3.63, 3.8) is 0 Å². The minimum atomic E-state index is -0.280. The molecule has 0 spiro atoms. The van der Waals surface area contributed by atoms with Crippen molar-refractivity contribution in [1.29, 1.82) is 5.26 Å². The van der Waals surface area contributed by atoms with Crippen molar-refractivity contribution >= 4 is 11.8 Å². The van der Waals surface area contributed by atoms with Gasteiger partial charge in [0.25, 0.3) is 0 Å². The smallest absolute Gasteiger partial charge is 0.234 e. The summed E-state index contributed by atoms with van der Waals surface area (Å²) in [5.41, 5.74) is 0.267. The number of nitrogens with one attached hydrogen (secondary N) is 2. The maximum Gasteiger partial charge on any atom is 0.234 e. The van der Waals surface area contributed by atoms with Crippen molar-refractivity contribution in [2.24, 2.45) is 23.2 Å². The maximum atomic E-state index is 12.2. The zero-order chi connectivity index (χ0) is 15.6. The van der Waals surface area contributed by atoms with Crippen LogP contribution in [0.25, 0.3) is 0 Å². The number of hydrogen-bond acceptors (Lipinski definition) is 3. The first-order chi connectivity index (χ1) is 10.6. The Morgan fingerprint density at radius 2 is 1.45 bits per heavy atom. The van der Waals surface area contributed by atoms with Crippen molar-refractivity contribution < 1.29 is 9.59 Å². The molecule has 5 heteroatoms. The highest BCUT2D eigenvalue weighted by molar-refractivity contribution is 5.78. The third kappa shape index (κ3) is 3.43. The lowest BCUT2D eigenvalue weighted by Gasteiger charge is -2.56. The van der Waals surface area contributed by atoms with Gasteiger partial charge >= 0.3 is 0 Å². The zero-order valence-corrected chi connectivity index (χ0v) is 13.1. The van der Waals surface area contributed by atoms with Crippen LogP contribution < -0.4 is 10.6 Å². The molecular weight excluding hydrogens is 278 g/mol. The maximum absolute atomic E-state index is 12.2. The molecule has 4 bridgehead atoms. The molecule has 0 atom stereocenters. The van der Waals surface area contributed by atoms with Crippen LogP contribution in [0.3, 0.4) is 0 Å². The SMILES string of the molecule is N#CCC(=O)NCCNC(=O)CC12CC3CC(CC(C3)C1)C2. The average Bonchev–Trinajstić information content (AvgIpc) is 2.42. The van der Waals surface area contributed by atoms with Crippen molar-refractivity contribution in [2.45, 2.75) is 51.4 Å². The van der Waals surface area contributed by atoms with Gasteiger partial charge in [-0.25, -0.2) is 0 Å². The third-order valence-corrected chi connectivity index (χ3v) is 5.71. The fourth-order valence-corrected chi connectivity index (χ4v) is 5.45. The molecule has 0 aliphatic heterocycles. The van der Waals surface area contributed by atoms with Gasteiger partial charge in [-0.2, -0.15) is 5.26 Å². The van der Waals surface area contributed by atoms with Crippen LogP contribution in [0, 0.1) is 34.5 Å². The molecule has 2 N–H and O–H groups in total. The van der Waals surface area contributed by atoms with E-state index in [1.807, 2.05) is 0 Å². The summed E-state index contributed by atoms with van der Waals surface area (Å²) >= 11 is 0. The van der Waals surface area contributed by atoms with Crippen molar-refractivity contribution in [1.82, 2.24) is 10.6 Å². The molecule has 0 aromatic carbocycles. The second-order valence-corrected chi connectivity index (χ2v) is 7.63. The largest absolute Gasteiger partial charge is 0.354 e. The predicted octanol–water partition coefficient (Wildman–Crippen LogP) is 1.74. The molecule has 4 aliphatic rings. The first-order valence-electron chi connectivity index (χ1n) is 8.49. The van der Waals surface area contributed by atoms with E-state index in [1.54, 1.807) is 6.07 Å². The Hall–Kier alpha value is -1.57. The molecule has 0 aromatic heterocycles. The number of amides is 2. The summed E-state index contributed by atoms with van der Waals surface area (Å²) in [5.74, 6) is 2.44. The monoisotopic (exact) mass is 303 g/mol. The third-order valence-electron chi connectivity index (χ3n) is 5.71. The lowest BCUT2D eigenvalue weighted by Crippen LogP contribution is -2.48. The van der Waals surface area contributed by atoms with Crippen molar-refractivity contribution in [2.75, 3.05) is 13.1 Å². The summed E-state index contributed by atoms with van der Waals surface area (Å²) in [6.45, 7) is 0.843. The summed E-state index contributed by atoms with van der Waals surface area (Å²) in [5, 5.41) is 13.9. The predicted molar refractivity (Wildman–Crippen MR) is 81.5 cm³/mol. The fraction of sp³-hybridized carbons (Fsp3) is 0.824. The number of carbonyl (C=O) groups is 2. The van der Waals surface area contributed by atoms with E-state index in [9.17, 15) is 9.59 Å². The molecule has 4 saturated carbocycles. The van der Waals surface area contributed by atoms with E-state index in [0.29, 0.717) is 19.5 Å². The summed E-state index contributed by atoms with van der Waals surface area (Å²) in [6, 6.07) is 1.80. The molecule has 5 nitrogen and oxygen atoms in total. The van der Waals surface area contributed by atoms with Crippen LogP contribution in [0.15, 0.2) is 0 Å². The normalized spacial score (nSPS) is 35.0. The van der Waals surface area contributed by atoms with Gasteiger partial charge in [0, 0.05) is 19.5 Å². The molecule has 0 unspecified atom stereocenters. The molecule has 0 saturated heterocycles. The van der Waals surface area contributed by atoms with Crippen molar-refractivity contribution in [3.8, 4) is 6.07 Å². The Kier molecular flexibility index (Phi) is 4.37. The molecule has 120 valence electrons. The topological polar surface area (TPSA) is 82.0 Å². The highest BCUT2D eigenvalue weighted by atomic mass is 16.2. The van der Waals surface area contributed by atoms with Crippen LogP contribution in [0.5, 0.6) is 0 Å². The van der Waals surface area contributed by atoms with Gasteiger partial charge in [0.1, 0.15) is 6.42 Å². The standard InChI is InChI=1S/C17H25N3O2/c18-2-1-15(21)19-3-4-20-16(22)11-17-8-12-5-13(9-17)7-14(6-12)10-17/h12-14H,1,3-11H2,(H,19,21)(H,20,22). The summed E-state index contributed by atoms with van der Waals surface area (Å²) in [7, 11) is 0. The van der Waals surface area contributed by atoms with Crippen molar-refractivity contribution in [3.05, 3.63) is 0 Å². The van der Waals surface area contributed by atoms with E-state index >= 15 is 0 Å². The number of carbonyl (C=O) groups excluding carboxylic acids is 2. The Morgan fingerprint density at radius 3 is 1.95 bits per heavy atom. The first-order valence-corrected chi connectivity index (χ1v) is 8.49. The molecular formula is C17H25N3O2. The van der Waals surface area contributed by atoms with Crippen LogP contribution in [0.1, 0.15) is 51.4 Å². The molecule has 0 heterocycles. The molecule has 22 heavy (non-hydrogen) atoms. The number of nitriles is 1. The van der Waals surface area contributed by atoms with Gasteiger partial charge in [-0.05, 0) is 61.7 Å². The Morgan fingerprint density at radius 1 is 0.955 bits per heavy atom. The fourth-order valence-electron chi connectivity index (χ4n) is 5.45. The van der Waals surface area contributed by atoms with E-state index in [0.717, 1.165) is 17.8 Å². The van der Waals surface area contributed by atoms with Crippen LogP contribution in [0.4, 0.5) is 0 Å². The Labute approximate surface area is 131 Å². The molecule has 4 aliphatic carbocycles. The summed E-state index contributed by atoms with van der Waals surface area (Å²) in [6.07, 6.45) is 8.44. The highest BCUT2D eigenvalue weighted by Gasteiger charge is 2.51.